The first-order chi connectivity index (χ1) is 16.4. The van der Waals surface area contributed by atoms with Crippen LogP contribution in [0.15, 0.2) is 42.5 Å². The van der Waals surface area contributed by atoms with Crippen LogP contribution in [0.5, 0.6) is 0 Å². The van der Waals surface area contributed by atoms with E-state index in [1.807, 2.05) is 0 Å². The normalized spacial score (nSPS) is 15.0. The van der Waals surface area contributed by atoms with Crippen LogP contribution in [0.2, 0.25) is 15.1 Å². The number of amides is 2. The molecular weight excluding hydrogens is 533 g/mol. The Labute approximate surface area is 221 Å². The molecule has 1 fully saturated rings. The molecule has 0 radical (unpaired) electrons. The number of benzene rings is 2. The monoisotopic (exact) mass is 559 g/mol. The Morgan fingerprint density at radius 3 is 2.11 bits per heavy atom. The summed E-state index contributed by atoms with van der Waals surface area (Å²) in [4.78, 5) is 28.0. The van der Waals surface area contributed by atoms with Gasteiger partial charge in [0.25, 0.3) is 0 Å². The summed E-state index contributed by atoms with van der Waals surface area (Å²) in [7, 11) is -3.87. The molecule has 2 aromatic rings. The molecule has 11 heteroatoms. The summed E-state index contributed by atoms with van der Waals surface area (Å²) in [6.45, 7) is 1.21. The van der Waals surface area contributed by atoms with Gasteiger partial charge in [0, 0.05) is 27.7 Å². The van der Waals surface area contributed by atoms with Crippen molar-refractivity contribution < 1.29 is 18.0 Å². The fraction of sp³-hybridized carbons (Fsp3) is 0.417. The topological polar surface area (TPSA) is 86.8 Å². The molecule has 0 heterocycles. The maximum absolute atomic E-state index is 13.5. The highest BCUT2D eigenvalue weighted by Gasteiger charge is 2.31. The van der Waals surface area contributed by atoms with Gasteiger partial charge in [-0.2, -0.15) is 0 Å². The first kappa shape index (κ1) is 27.6. The SMILES string of the molecule is C[C@@H](C(=O)NC1CCCC1)N(Cc1ccc(Cl)cc1)C(=O)CN(c1cc(Cl)cc(Cl)c1)S(C)(=O)=O. The van der Waals surface area contributed by atoms with Crippen molar-refractivity contribution in [3.8, 4) is 0 Å². The van der Waals surface area contributed by atoms with Crippen LogP contribution in [0, 0.1) is 0 Å². The molecule has 0 aromatic heterocycles. The minimum atomic E-state index is -3.87. The number of carbonyl (C=O) groups excluding carboxylic acids is 2. The van der Waals surface area contributed by atoms with E-state index in [4.69, 9.17) is 34.8 Å². The molecule has 1 aliphatic carbocycles. The molecule has 0 unspecified atom stereocenters. The van der Waals surface area contributed by atoms with Gasteiger partial charge in [0.2, 0.25) is 21.8 Å². The molecule has 2 aromatic carbocycles. The van der Waals surface area contributed by atoms with Crippen LogP contribution >= 0.6 is 34.8 Å². The van der Waals surface area contributed by atoms with E-state index in [0.717, 1.165) is 41.8 Å². The molecule has 3 rings (SSSR count). The van der Waals surface area contributed by atoms with Gasteiger partial charge in [0.15, 0.2) is 0 Å². The number of nitrogens with zero attached hydrogens (tertiary/aromatic N) is 2. The average molecular weight is 561 g/mol. The molecule has 1 N–H and O–H groups in total. The van der Waals surface area contributed by atoms with Crippen LogP contribution in [0.3, 0.4) is 0 Å². The van der Waals surface area contributed by atoms with Gasteiger partial charge < -0.3 is 10.2 Å². The maximum atomic E-state index is 13.5. The number of anilines is 1. The van der Waals surface area contributed by atoms with E-state index in [1.165, 1.54) is 23.1 Å². The molecule has 190 valence electrons. The molecule has 0 bridgehead atoms. The second kappa shape index (κ2) is 11.8. The van der Waals surface area contributed by atoms with E-state index in [9.17, 15) is 18.0 Å². The summed E-state index contributed by atoms with van der Waals surface area (Å²) in [6.07, 6.45) is 4.91. The molecule has 2 amide bonds. The largest absolute Gasteiger partial charge is 0.352 e. The fourth-order valence-corrected chi connectivity index (χ4v) is 5.53. The molecule has 0 aliphatic heterocycles. The minimum Gasteiger partial charge on any atom is -0.352 e. The number of sulfonamides is 1. The van der Waals surface area contributed by atoms with E-state index in [2.05, 4.69) is 5.32 Å². The van der Waals surface area contributed by atoms with Crippen LogP contribution in [0.4, 0.5) is 5.69 Å². The zero-order chi connectivity index (χ0) is 25.8. The van der Waals surface area contributed by atoms with Gasteiger partial charge in [-0.15, -0.1) is 0 Å². The molecular formula is C24H28Cl3N3O4S. The summed E-state index contributed by atoms with van der Waals surface area (Å²) >= 11 is 18.1. The summed E-state index contributed by atoms with van der Waals surface area (Å²) in [5.41, 5.74) is 0.910. The third-order valence-electron chi connectivity index (χ3n) is 5.95. The van der Waals surface area contributed by atoms with E-state index in [0.29, 0.717) is 5.02 Å². The second-order valence-electron chi connectivity index (χ2n) is 8.71. The van der Waals surface area contributed by atoms with Crippen molar-refractivity contribution in [2.75, 3.05) is 17.1 Å². The van der Waals surface area contributed by atoms with E-state index < -0.39 is 28.5 Å². The first-order valence-corrected chi connectivity index (χ1v) is 14.2. The quantitative estimate of drug-likeness (QED) is 0.473. The predicted molar refractivity (Wildman–Crippen MR) is 141 cm³/mol. The number of hydrogen-bond donors (Lipinski definition) is 1. The molecule has 0 spiro atoms. The standard InChI is InChI=1S/C24H28Cl3N3O4S/c1-16(24(32)28-21-5-3-4-6-21)29(14-17-7-9-18(25)10-8-17)23(31)15-30(35(2,33)34)22-12-19(26)11-20(27)13-22/h7-13,16,21H,3-6,14-15H2,1-2H3,(H,28,32)/t16-/m0/s1. The molecule has 0 saturated heterocycles. The van der Waals surface area contributed by atoms with Gasteiger partial charge in [-0.3, -0.25) is 13.9 Å². The third-order valence-corrected chi connectivity index (χ3v) is 7.78. The zero-order valence-corrected chi connectivity index (χ0v) is 22.6. The van der Waals surface area contributed by atoms with Crippen molar-refractivity contribution in [3.63, 3.8) is 0 Å². The van der Waals surface area contributed by atoms with Crippen molar-refractivity contribution >= 4 is 62.3 Å². The Morgan fingerprint density at radius 1 is 1.00 bits per heavy atom. The molecule has 1 saturated carbocycles. The smallest absolute Gasteiger partial charge is 0.244 e. The van der Waals surface area contributed by atoms with Crippen molar-refractivity contribution in [2.45, 2.75) is 51.2 Å². The van der Waals surface area contributed by atoms with Gasteiger partial charge in [0.05, 0.1) is 11.9 Å². The number of halogens is 3. The van der Waals surface area contributed by atoms with E-state index >= 15 is 0 Å². The summed E-state index contributed by atoms with van der Waals surface area (Å²) in [5.74, 6) is -0.827. The van der Waals surface area contributed by atoms with Crippen LogP contribution in [0.25, 0.3) is 0 Å². The van der Waals surface area contributed by atoms with Gasteiger partial charge in [-0.25, -0.2) is 8.42 Å². The van der Waals surface area contributed by atoms with Crippen LogP contribution in [-0.4, -0.2) is 50.0 Å². The van der Waals surface area contributed by atoms with Crippen molar-refractivity contribution in [1.82, 2.24) is 10.2 Å². The number of nitrogens with one attached hydrogen (secondary N) is 1. The van der Waals surface area contributed by atoms with Crippen LogP contribution in [0.1, 0.15) is 38.2 Å². The minimum absolute atomic E-state index is 0.0820. The average Bonchev–Trinajstić information content (AvgIpc) is 3.28. The lowest BCUT2D eigenvalue weighted by molar-refractivity contribution is -0.139. The third kappa shape index (κ3) is 7.74. The predicted octanol–water partition coefficient (Wildman–Crippen LogP) is 4.89. The van der Waals surface area contributed by atoms with Gasteiger partial charge in [0.1, 0.15) is 12.6 Å². The fourth-order valence-electron chi connectivity index (χ4n) is 4.06. The van der Waals surface area contributed by atoms with Gasteiger partial charge >= 0.3 is 0 Å². The Bertz CT molecular complexity index is 1150. The summed E-state index contributed by atoms with van der Waals surface area (Å²) in [6, 6.07) is 10.5. The van der Waals surface area contributed by atoms with E-state index in [1.54, 1.807) is 31.2 Å². The zero-order valence-electron chi connectivity index (χ0n) is 19.5. The van der Waals surface area contributed by atoms with Crippen LogP contribution in [-0.2, 0) is 26.2 Å². The molecule has 1 aliphatic rings. The highest BCUT2D eigenvalue weighted by atomic mass is 35.5. The van der Waals surface area contributed by atoms with Crippen molar-refractivity contribution in [1.29, 1.82) is 0 Å². The Hall–Kier alpha value is -2.00. The lowest BCUT2D eigenvalue weighted by Crippen LogP contribution is -2.52. The molecule has 7 nitrogen and oxygen atoms in total. The maximum Gasteiger partial charge on any atom is 0.244 e. The van der Waals surface area contributed by atoms with E-state index in [-0.39, 0.29) is 34.2 Å². The van der Waals surface area contributed by atoms with Crippen molar-refractivity contribution in [3.05, 3.63) is 63.1 Å². The first-order valence-electron chi connectivity index (χ1n) is 11.2. The Kier molecular flexibility index (Phi) is 9.32. The number of hydrogen-bond acceptors (Lipinski definition) is 4. The number of carbonyl (C=O) groups is 2. The molecule has 35 heavy (non-hydrogen) atoms. The lowest BCUT2D eigenvalue weighted by atomic mass is 10.1. The lowest BCUT2D eigenvalue weighted by Gasteiger charge is -2.32. The molecule has 1 atom stereocenters. The van der Waals surface area contributed by atoms with Crippen molar-refractivity contribution in [2.24, 2.45) is 0 Å². The number of rotatable bonds is 9. The Balaban J connectivity index is 1.89. The highest BCUT2D eigenvalue weighted by Crippen LogP contribution is 2.27. The van der Waals surface area contributed by atoms with Crippen LogP contribution < -0.4 is 9.62 Å². The van der Waals surface area contributed by atoms with Gasteiger partial charge in [-0.05, 0) is 55.7 Å². The second-order valence-corrected chi connectivity index (χ2v) is 11.9. The summed E-state index contributed by atoms with van der Waals surface area (Å²) in [5, 5.41) is 4.02. The van der Waals surface area contributed by atoms with Gasteiger partial charge in [-0.1, -0.05) is 59.8 Å². The summed E-state index contributed by atoms with van der Waals surface area (Å²) < 4.78 is 26.2. The highest BCUT2D eigenvalue weighted by molar-refractivity contribution is 7.92. The Morgan fingerprint density at radius 2 is 1.57 bits per heavy atom.